The van der Waals surface area contributed by atoms with Gasteiger partial charge in [0, 0.05) is 37.8 Å². The minimum atomic E-state index is -0.642. The van der Waals surface area contributed by atoms with Gasteiger partial charge in [0.25, 0.3) is 5.91 Å². The first-order valence-electron chi connectivity index (χ1n) is 15.8. The van der Waals surface area contributed by atoms with Gasteiger partial charge in [0.1, 0.15) is 34.7 Å². The van der Waals surface area contributed by atoms with Crippen LogP contribution in [0.15, 0.2) is 47.5 Å². The number of imidazole rings is 1. The first-order chi connectivity index (χ1) is 23.7. The lowest BCUT2D eigenvalue weighted by atomic mass is 10.1. The number of carbonyl (C=O) groups excluding carboxylic acids is 3. The highest BCUT2D eigenvalue weighted by molar-refractivity contribution is 5.97. The summed E-state index contributed by atoms with van der Waals surface area (Å²) in [7, 11) is 5.13. The van der Waals surface area contributed by atoms with E-state index in [-0.39, 0.29) is 18.1 Å². The lowest BCUT2D eigenvalue weighted by molar-refractivity contribution is 0.0941. The van der Waals surface area contributed by atoms with Crippen molar-refractivity contribution in [3.63, 3.8) is 0 Å². The number of amides is 2. The number of nitrogens with zero attached hydrogens (tertiary/aromatic N) is 6. The summed E-state index contributed by atoms with van der Waals surface area (Å²) in [5.74, 6) is 0.537. The van der Waals surface area contributed by atoms with Gasteiger partial charge in [-0.15, -0.1) is 0 Å². The number of carbonyl (C=O) groups is 3. The minimum Gasteiger partial charge on any atom is -0.494 e. The van der Waals surface area contributed by atoms with Crippen molar-refractivity contribution in [2.45, 2.75) is 33.4 Å². The fraction of sp³-hybridized carbons (Fsp3) is 0.353. The van der Waals surface area contributed by atoms with Gasteiger partial charge < -0.3 is 40.6 Å². The van der Waals surface area contributed by atoms with Crippen LogP contribution < -0.4 is 36.1 Å². The molecule has 4 rings (SSSR count). The SMILES string of the molecule is C=Nc1cc(C(N)=O)cc(OC)c1N(C/C=C/Cn1c(NC)nc2cc(C=O)cc(OCCCNC)c21)CNC(=O)c1cc(C)nn1CC. The van der Waals surface area contributed by atoms with Crippen LogP contribution in [-0.4, -0.2) is 91.7 Å². The topological polar surface area (TPSA) is 183 Å². The van der Waals surface area contributed by atoms with Gasteiger partial charge in [-0.25, -0.2) is 4.98 Å². The molecular weight excluding hydrogens is 628 g/mol. The second-order valence-electron chi connectivity index (χ2n) is 11.0. The molecule has 2 amide bonds. The number of nitrogens with one attached hydrogen (secondary N) is 3. The summed E-state index contributed by atoms with van der Waals surface area (Å²) in [6.07, 6.45) is 5.45. The molecule has 260 valence electrons. The number of rotatable bonds is 19. The third-order valence-corrected chi connectivity index (χ3v) is 7.71. The lowest BCUT2D eigenvalue weighted by Crippen LogP contribution is -2.39. The summed E-state index contributed by atoms with van der Waals surface area (Å²) >= 11 is 0. The molecule has 49 heavy (non-hydrogen) atoms. The van der Waals surface area contributed by atoms with E-state index in [1.165, 1.54) is 19.2 Å². The van der Waals surface area contributed by atoms with Crippen molar-refractivity contribution in [1.29, 1.82) is 0 Å². The smallest absolute Gasteiger partial charge is 0.270 e. The van der Waals surface area contributed by atoms with E-state index in [0.717, 1.165) is 30.5 Å². The molecule has 15 nitrogen and oxygen atoms in total. The number of aldehydes is 1. The normalized spacial score (nSPS) is 11.1. The zero-order valence-electron chi connectivity index (χ0n) is 28.6. The number of hydrogen-bond donors (Lipinski definition) is 4. The van der Waals surface area contributed by atoms with Crippen molar-refractivity contribution < 1.29 is 23.9 Å². The molecule has 0 unspecified atom stereocenters. The Kier molecular flexibility index (Phi) is 12.5. The van der Waals surface area contributed by atoms with Crippen LogP contribution >= 0.6 is 0 Å². The van der Waals surface area contributed by atoms with Crippen LogP contribution in [0.3, 0.4) is 0 Å². The number of benzene rings is 2. The first kappa shape index (κ1) is 36.1. The van der Waals surface area contributed by atoms with Crippen LogP contribution in [0, 0.1) is 6.92 Å². The molecule has 0 aliphatic heterocycles. The Morgan fingerprint density at radius 1 is 1.14 bits per heavy atom. The summed E-state index contributed by atoms with van der Waals surface area (Å²) in [5, 5.41) is 13.6. The molecule has 0 saturated carbocycles. The van der Waals surface area contributed by atoms with Crippen LogP contribution in [0.1, 0.15) is 50.2 Å². The highest BCUT2D eigenvalue weighted by Gasteiger charge is 2.21. The van der Waals surface area contributed by atoms with Crippen LogP contribution in [0.25, 0.3) is 11.0 Å². The van der Waals surface area contributed by atoms with E-state index >= 15 is 0 Å². The molecule has 5 N–H and O–H groups in total. The number of primary amides is 1. The Morgan fingerprint density at radius 3 is 2.59 bits per heavy atom. The third-order valence-electron chi connectivity index (χ3n) is 7.71. The molecule has 0 radical (unpaired) electrons. The molecule has 2 aromatic carbocycles. The fourth-order valence-corrected chi connectivity index (χ4v) is 5.40. The summed E-state index contributed by atoms with van der Waals surface area (Å²) in [4.78, 5) is 47.7. The number of fused-ring (bicyclic) bond motifs is 1. The molecule has 2 heterocycles. The number of anilines is 2. The predicted octanol–water partition coefficient (Wildman–Crippen LogP) is 3.29. The Balaban J connectivity index is 1.67. The molecule has 0 fully saturated rings. The van der Waals surface area contributed by atoms with Gasteiger partial charge in [0.05, 0.1) is 37.3 Å². The molecule has 0 spiro atoms. The minimum absolute atomic E-state index is 0.0563. The zero-order chi connectivity index (χ0) is 35.5. The monoisotopic (exact) mass is 672 g/mol. The predicted molar refractivity (Wildman–Crippen MR) is 191 cm³/mol. The van der Waals surface area contributed by atoms with E-state index in [0.29, 0.717) is 71.8 Å². The third kappa shape index (κ3) is 8.43. The van der Waals surface area contributed by atoms with E-state index in [9.17, 15) is 14.4 Å². The zero-order valence-corrected chi connectivity index (χ0v) is 28.6. The number of allylic oxidation sites excluding steroid dienone is 1. The van der Waals surface area contributed by atoms with Crippen molar-refractivity contribution in [2.24, 2.45) is 10.7 Å². The second kappa shape index (κ2) is 16.9. The maximum atomic E-state index is 13.3. The van der Waals surface area contributed by atoms with Gasteiger partial charge in [-0.2, -0.15) is 5.10 Å². The molecule has 0 aliphatic rings. The van der Waals surface area contributed by atoms with Crippen LogP contribution in [-0.2, 0) is 13.1 Å². The Bertz CT molecular complexity index is 1840. The average Bonchev–Trinajstić information content (AvgIpc) is 3.68. The van der Waals surface area contributed by atoms with Gasteiger partial charge >= 0.3 is 0 Å². The maximum Gasteiger partial charge on any atom is 0.270 e. The summed E-state index contributed by atoms with van der Waals surface area (Å²) in [6.45, 7) is 9.98. The highest BCUT2D eigenvalue weighted by Crippen LogP contribution is 2.39. The molecule has 0 saturated heterocycles. The summed E-state index contributed by atoms with van der Waals surface area (Å²) in [6, 6.07) is 8.24. The molecule has 0 aliphatic carbocycles. The molecule has 0 atom stereocenters. The Morgan fingerprint density at radius 2 is 1.94 bits per heavy atom. The van der Waals surface area contributed by atoms with Crippen molar-refractivity contribution in [1.82, 2.24) is 30.0 Å². The van der Waals surface area contributed by atoms with E-state index in [1.807, 2.05) is 42.5 Å². The number of aromatic nitrogens is 4. The molecule has 0 bridgehead atoms. The van der Waals surface area contributed by atoms with Crippen molar-refractivity contribution in [3.8, 4) is 11.5 Å². The van der Waals surface area contributed by atoms with Crippen LogP contribution in [0.2, 0.25) is 0 Å². The van der Waals surface area contributed by atoms with Gasteiger partial charge in [-0.1, -0.05) is 12.2 Å². The molecular formula is C34H44N10O5. The van der Waals surface area contributed by atoms with Gasteiger partial charge in [0.15, 0.2) is 0 Å². The first-order valence-corrected chi connectivity index (χ1v) is 15.8. The van der Waals surface area contributed by atoms with Crippen molar-refractivity contribution >= 4 is 53.2 Å². The Hall–Kier alpha value is -5.70. The lowest BCUT2D eigenvalue weighted by Gasteiger charge is -2.27. The Labute approximate surface area is 285 Å². The number of aryl methyl sites for hydroxylation is 2. The number of hydrogen-bond acceptors (Lipinski definition) is 11. The number of ether oxygens (including phenoxy) is 2. The largest absolute Gasteiger partial charge is 0.494 e. The van der Waals surface area contributed by atoms with Crippen LogP contribution in [0.5, 0.6) is 11.5 Å². The molecule has 15 heteroatoms. The van der Waals surface area contributed by atoms with E-state index < -0.39 is 5.91 Å². The quantitative estimate of drug-likeness (QED) is 0.0379. The summed E-state index contributed by atoms with van der Waals surface area (Å²) < 4.78 is 15.4. The van der Waals surface area contributed by atoms with Gasteiger partial charge in [-0.3, -0.25) is 24.1 Å². The standard InChI is InChI=1S/C34H44N10O5/c1-7-44-27(15-22(2)41-44)33(47)39-21-42(30-25(37-4)18-24(32(35)46)19-28(30)48-6)12-8-9-13-43-31-26(40-34(43)38-5)16-23(20-45)17-29(31)49-14-10-11-36-3/h8-9,15-20,36H,4,7,10-14,21H2,1-3,5-6H3,(H2,35,46)(H,38,40)(H,39,47)/b9-8+. The van der Waals surface area contributed by atoms with E-state index in [4.69, 9.17) is 20.2 Å². The fourth-order valence-electron chi connectivity index (χ4n) is 5.40. The highest BCUT2D eigenvalue weighted by atomic mass is 16.5. The van der Waals surface area contributed by atoms with Gasteiger partial charge in [0.2, 0.25) is 11.9 Å². The van der Waals surface area contributed by atoms with Crippen molar-refractivity contribution in [3.05, 3.63) is 65.0 Å². The van der Waals surface area contributed by atoms with E-state index in [2.05, 4.69) is 32.8 Å². The molecule has 4 aromatic rings. The maximum absolute atomic E-state index is 13.3. The average molecular weight is 673 g/mol. The number of nitrogens with two attached hydrogens (primary N) is 1. The number of aliphatic imine (C=N–C) groups is 1. The number of methoxy groups -OCH3 is 1. The van der Waals surface area contributed by atoms with Crippen molar-refractivity contribution in [2.75, 3.05) is 57.8 Å². The second-order valence-corrected chi connectivity index (χ2v) is 11.0. The van der Waals surface area contributed by atoms with E-state index in [1.54, 1.807) is 29.9 Å². The molecule has 2 aromatic heterocycles. The van der Waals surface area contributed by atoms with Crippen LogP contribution in [0.4, 0.5) is 17.3 Å². The van der Waals surface area contributed by atoms with Gasteiger partial charge in [-0.05, 0) is 70.9 Å². The summed E-state index contributed by atoms with van der Waals surface area (Å²) in [5.41, 5.74) is 9.64.